The molecule has 0 N–H and O–H groups in total. The normalized spacial score (nSPS) is 10.2. The fourth-order valence-corrected chi connectivity index (χ4v) is 3.18. The Bertz CT molecular complexity index is 604. The highest BCUT2D eigenvalue weighted by molar-refractivity contribution is 7.98. The summed E-state index contributed by atoms with van der Waals surface area (Å²) in [5.41, 5.74) is 2.22. The average molecular weight is 358 g/mol. The summed E-state index contributed by atoms with van der Waals surface area (Å²) < 4.78 is 0. The van der Waals surface area contributed by atoms with Gasteiger partial charge in [-0.25, -0.2) is 9.97 Å². The summed E-state index contributed by atoms with van der Waals surface area (Å²) in [6.45, 7) is 8.23. The van der Waals surface area contributed by atoms with Gasteiger partial charge in [-0.15, -0.1) is 12.4 Å². The van der Waals surface area contributed by atoms with Gasteiger partial charge in [0, 0.05) is 35.6 Å². The average Bonchev–Trinajstić information content (AvgIpc) is 2.50. The number of nitrogens with zero attached hydrogens (tertiary/aromatic N) is 3. The molecule has 1 aromatic carbocycles. The number of aromatic nitrogens is 2. The lowest BCUT2D eigenvalue weighted by molar-refractivity contribution is 0.810. The van der Waals surface area contributed by atoms with Crippen molar-refractivity contribution in [2.24, 2.45) is 0 Å². The van der Waals surface area contributed by atoms with Crippen molar-refractivity contribution in [3.63, 3.8) is 0 Å². The molecule has 0 bridgehead atoms. The molecule has 0 aliphatic rings. The molecular weight excluding hydrogens is 337 g/mol. The van der Waals surface area contributed by atoms with E-state index >= 15 is 0 Å². The van der Waals surface area contributed by atoms with Crippen LogP contribution in [0.4, 0.5) is 5.82 Å². The first kappa shape index (κ1) is 19.1. The summed E-state index contributed by atoms with van der Waals surface area (Å²) in [5.74, 6) is 1.80. The predicted molar refractivity (Wildman–Crippen MR) is 98.6 cm³/mol. The first-order chi connectivity index (χ1) is 10.2. The van der Waals surface area contributed by atoms with Crippen LogP contribution in [0.2, 0.25) is 5.02 Å². The van der Waals surface area contributed by atoms with Crippen molar-refractivity contribution in [3.05, 3.63) is 46.6 Å². The minimum atomic E-state index is 0. The summed E-state index contributed by atoms with van der Waals surface area (Å²) in [7, 11) is 0. The fraction of sp³-hybridized carbons (Fsp3) is 0.375. The lowest BCUT2D eigenvalue weighted by Crippen LogP contribution is -2.24. The Labute approximate surface area is 147 Å². The number of hydrogen-bond acceptors (Lipinski definition) is 4. The number of rotatable bonds is 6. The van der Waals surface area contributed by atoms with Crippen molar-refractivity contribution in [1.29, 1.82) is 0 Å². The standard InChI is InChI=1S/C16H20ClN3S.ClH/c1-4-20(5-2)15-12(3)10-18-16(19-15)21-11-13-8-6-7-9-14(13)17;/h6-10H,4-5,11H2,1-3H3;1H. The van der Waals surface area contributed by atoms with Crippen LogP contribution in [-0.2, 0) is 5.75 Å². The van der Waals surface area contributed by atoms with E-state index in [9.17, 15) is 0 Å². The van der Waals surface area contributed by atoms with Crippen LogP contribution in [0.15, 0.2) is 35.6 Å². The molecule has 1 heterocycles. The molecule has 0 spiro atoms. The molecule has 2 aromatic rings. The number of aryl methyl sites for hydroxylation is 1. The summed E-state index contributed by atoms with van der Waals surface area (Å²) >= 11 is 7.80. The monoisotopic (exact) mass is 357 g/mol. The van der Waals surface area contributed by atoms with Crippen LogP contribution >= 0.6 is 35.8 Å². The zero-order chi connectivity index (χ0) is 15.2. The smallest absolute Gasteiger partial charge is 0.189 e. The quantitative estimate of drug-likeness (QED) is 0.537. The predicted octanol–water partition coefficient (Wildman–Crippen LogP) is 5.00. The van der Waals surface area contributed by atoms with E-state index in [0.717, 1.165) is 46.0 Å². The molecule has 0 saturated heterocycles. The van der Waals surface area contributed by atoms with Gasteiger partial charge < -0.3 is 4.90 Å². The van der Waals surface area contributed by atoms with Gasteiger partial charge in [0.15, 0.2) is 5.16 Å². The SMILES string of the molecule is CCN(CC)c1nc(SCc2ccccc2Cl)ncc1C.Cl. The van der Waals surface area contributed by atoms with Crippen molar-refractivity contribution in [1.82, 2.24) is 9.97 Å². The summed E-state index contributed by atoms with van der Waals surface area (Å²) in [4.78, 5) is 11.4. The molecule has 1 aromatic heterocycles. The van der Waals surface area contributed by atoms with Gasteiger partial charge in [-0.05, 0) is 32.4 Å². The van der Waals surface area contributed by atoms with E-state index < -0.39 is 0 Å². The third kappa shape index (κ3) is 4.77. The van der Waals surface area contributed by atoms with Gasteiger partial charge in [0.1, 0.15) is 5.82 Å². The first-order valence-corrected chi connectivity index (χ1v) is 8.46. The number of halogens is 2. The van der Waals surface area contributed by atoms with Crippen molar-refractivity contribution >= 4 is 41.6 Å². The Morgan fingerprint density at radius 2 is 1.86 bits per heavy atom. The van der Waals surface area contributed by atoms with Gasteiger partial charge in [0.2, 0.25) is 0 Å². The third-order valence-electron chi connectivity index (χ3n) is 3.30. The van der Waals surface area contributed by atoms with Crippen LogP contribution in [0.5, 0.6) is 0 Å². The van der Waals surface area contributed by atoms with Gasteiger partial charge >= 0.3 is 0 Å². The Morgan fingerprint density at radius 3 is 2.50 bits per heavy atom. The molecule has 0 aliphatic carbocycles. The van der Waals surface area contributed by atoms with Crippen LogP contribution in [0.25, 0.3) is 0 Å². The van der Waals surface area contributed by atoms with E-state index in [2.05, 4.69) is 30.7 Å². The van der Waals surface area contributed by atoms with Gasteiger partial charge in [0.05, 0.1) is 0 Å². The van der Waals surface area contributed by atoms with Crippen molar-refractivity contribution in [3.8, 4) is 0 Å². The van der Waals surface area contributed by atoms with Crippen LogP contribution < -0.4 is 4.90 Å². The molecule has 120 valence electrons. The molecule has 2 rings (SSSR count). The van der Waals surface area contributed by atoms with E-state index in [1.165, 1.54) is 0 Å². The zero-order valence-corrected chi connectivity index (χ0v) is 15.4. The maximum Gasteiger partial charge on any atom is 0.189 e. The maximum absolute atomic E-state index is 6.18. The number of anilines is 1. The van der Waals surface area contributed by atoms with E-state index in [1.54, 1.807) is 11.8 Å². The molecular formula is C16H21Cl2N3S. The molecule has 0 atom stereocenters. The van der Waals surface area contributed by atoms with Gasteiger partial charge in [-0.3, -0.25) is 0 Å². The Kier molecular flexibility index (Phi) is 8.01. The lowest BCUT2D eigenvalue weighted by Gasteiger charge is -2.21. The van der Waals surface area contributed by atoms with Crippen molar-refractivity contribution < 1.29 is 0 Å². The second-order valence-corrected chi connectivity index (χ2v) is 6.06. The lowest BCUT2D eigenvalue weighted by atomic mass is 10.2. The summed E-state index contributed by atoms with van der Waals surface area (Å²) in [5, 5.41) is 1.59. The molecule has 0 fully saturated rings. The third-order valence-corrected chi connectivity index (χ3v) is 4.58. The first-order valence-electron chi connectivity index (χ1n) is 7.10. The van der Waals surface area contributed by atoms with Crippen LogP contribution in [0.3, 0.4) is 0 Å². The number of thioether (sulfide) groups is 1. The number of benzene rings is 1. The van der Waals surface area contributed by atoms with Crippen LogP contribution in [0, 0.1) is 6.92 Å². The minimum Gasteiger partial charge on any atom is -0.357 e. The fourth-order valence-electron chi connectivity index (χ4n) is 2.09. The molecule has 0 radical (unpaired) electrons. The molecule has 6 heteroatoms. The largest absolute Gasteiger partial charge is 0.357 e. The molecule has 0 aliphatic heterocycles. The summed E-state index contributed by atoms with van der Waals surface area (Å²) in [6.07, 6.45) is 1.90. The summed E-state index contributed by atoms with van der Waals surface area (Å²) in [6, 6.07) is 7.89. The molecule has 0 saturated carbocycles. The molecule has 0 amide bonds. The molecule has 0 unspecified atom stereocenters. The maximum atomic E-state index is 6.18. The number of hydrogen-bond donors (Lipinski definition) is 0. The highest BCUT2D eigenvalue weighted by Crippen LogP contribution is 2.26. The van der Waals surface area contributed by atoms with Crippen molar-refractivity contribution in [2.45, 2.75) is 31.7 Å². The second kappa shape index (κ2) is 9.23. The molecule has 3 nitrogen and oxygen atoms in total. The van der Waals surface area contributed by atoms with E-state index in [4.69, 9.17) is 16.6 Å². The van der Waals surface area contributed by atoms with Crippen LogP contribution in [-0.4, -0.2) is 23.1 Å². The van der Waals surface area contributed by atoms with E-state index in [-0.39, 0.29) is 12.4 Å². The van der Waals surface area contributed by atoms with Gasteiger partial charge in [-0.1, -0.05) is 41.6 Å². The zero-order valence-electron chi connectivity index (χ0n) is 13.0. The van der Waals surface area contributed by atoms with E-state index in [0.29, 0.717) is 0 Å². The Hall–Kier alpha value is -0.970. The topological polar surface area (TPSA) is 29.0 Å². The van der Waals surface area contributed by atoms with E-state index in [1.807, 2.05) is 30.5 Å². The molecule has 22 heavy (non-hydrogen) atoms. The Balaban J connectivity index is 0.00000242. The highest BCUT2D eigenvalue weighted by atomic mass is 35.5. The van der Waals surface area contributed by atoms with Gasteiger partial charge in [0.25, 0.3) is 0 Å². The Morgan fingerprint density at radius 1 is 1.18 bits per heavy atom. The van der Waals surface area contributed by atoms with Crippen LogP contribution in [0.1, 0.15) is 25.0 Å². The highest BCUT2D eigenvalue weighted by Gasteiger charge is 2.10. The van der Waals surface area contributed by atoms with Crippen molar-refractivity contribution in [2.75, 3.05) is 18.0 Å². The minimum absolute atomic E-state index is 0. The van der Waals surface area contributed by atoms with Gasteiger partial charge in [-0.2, -0.15) is 0 Å². The second-order valence-electron chi connectivity index (χ2n) is 4.71.